The number of hydrogen-bond acceptors (Lipinski definition) is 3. The maximum absolute atomic E-state index is 5.61. The molecule has 1 atom stereocenters. The van der Waals surface area contributed by atoms with Crippen molar-refractivity contribution in [2.45, 2.75) is 31.4 Å². The van der Waals surface area contributed by atoms with E-state index in [0.29, 0.717) is 12.0 Å². The summed E-state index contributed by atoms with van der Waals surface area (Å²) in [6, 6.07) is 0. The summed E-state index contributed by atoms with van der Waals surface area (Å²) in [5.41, 5.74) is 0.819. The number of halogens is 1. The molecule has 13 heavy (non-hydrogen) atoms. The highest BCUT2D eigenvalue weighted by molar-refractivity contribution is 6.16. The van der Waals surface area contributed by atoms with Crippen molar-refractivity contribution in [2.75, 3.05) is 6.61 Å². The smallest absolute Gasteiger partial charge is 0.0974 e. The van der Waals surface area contributed by atoms with Crippen molar-refractivity contribution in [3.63, 3.8) is 0 Å². The molecule has 1 aromatic rings. The zero-order valence-corrected chi connectivity index (χ0v) is 8.07. The maximum atomic E-state index is 5.61. The summed E-state index contributed by atoms with van der Waals surface area (Å²) in [6.07, 6.45) is 4.46. The number of nitrogens with zero attached hydrogens (tertiary/aromatic N) is 3. The van der Waals surface area contributed by atoms with Crippen molar-refractivity contribution in [1.82, 2.24) is 15.0 Å². The van der Waals surface area contributed by atoms with Crippen LogP contribution in [0.3, 0.4) is 0 Å². The Hall–Kier alpha value is -0.610. The molecule has 0 radical (unpaired) electrons. The van der Waals surface area contributed by atoms with Gasteiger partial charge in [-0.05, 0) is 12.8 Å². The molecule has 0 N–H and O–H groups in total. The standard InChI is InChI=1S/C8H12ClN3O/c9-4-7-5-12(11-10-7)6-8-2-1-3-13-8/h5,8H,1-4,6H2/t8-/m1/s1. The first-order valence-electron chi connectivity index (χ1n) is 4.45. The van der Waals surface area contributed by atoms with Gasteiger partial charge in [0.15, 0.2) is 0 Å². The molecule has 0 aromatic carbocycles. The molecule has 0 aliphatic carbocycles. The SMILES string of the molecule is ClCc1cn(C[C@H]2CCCO2)nn1. The van der Waals surface area contributed by atoms with E-state index in [4.69, 9.17) is 16.3 Å². The van der Waals surface area contributed by atoms with Crippen molar-refractivity contribution in [3.8, 4) is 0 Å². The van der Waals surface area contributed by atoms with Crippen LogP contribution in [0.25, 0.3) is 0 Å². The molecular formula is C8H12ClN3O. The minimum atomic E-state index is 0.310. The van der Waals surface area contributed by atoms with E-state index in [2.05, 4.69) is 10.3 Å². The highest BCUT2D eigenvalue weighted by Crippen LogP contribution is 2.13. The van der Waals surface area contributed by atoms with Crippen LogP contribution in [-0.4, -0.2) is 27.7 Å². The van der Waals surface area contributed by atoms with Gasteiger partial charge in [-0.2, -0.15) is 0 Å². The molecule has 0 spiro atoms. The third-order valence-electron chi connectivity index (χ3n) is 2.14. The molecule has 0 amide bonds. The Bertz CT molecular complexity index is 270. The highest BCUT2D eigenvalue weighted by Gasteiger charge is 2.16. The van der Waals surface area contributed by atoms with Gasteiger partial charge in [0.2, 0.25) is 0 Å². The fourth-order valence-electron chi connectivity index (χ4n) is 1.49. The van der Waals surface area contributed by atoms with Gasteiger partial charge in [0.05, 0.1) is 24.2 Å². The van der Waals surface area contributed by atoms with E-state index in [1.807, 2.05) is 6.20 Å². The van der Waals surface area contributed by atoms with Crippen molar-refractivity contribution >= 4 is 11.6 Å². The highest BCUT2D eigenvalue weighted by atomic mass is 35.5. The minimum Gasteiger partial charge on any atom is -0.376 e. The molecule has 1 saturated heterocycles. The van der Waals surface area contributed by atoms with E-state index in [0.717, 1.165) is 31.7 Å². The maximum Gasteiger partial charge on any atom is 0.0974 e. The first-order valence-corrected chi connectivity index (χ1v) is 4.98. The van der Waals surface area contributed by atoms with E-state index in [1.165, 1.54) is 0 Å². The van der Waals surface area contributed by atoms with Crippen LogP contribution in [-0.2, 0) is 17.2 Å². The number of rotatable bonds is 3. The normalized spacial score (nSPS) is 22.4. The predicted molar refractivity (Wildman–Crippen MR) is 48.6 cm³/mol. The first kappa shape index (κ1) is 8.97. The molecule has 2 heterocycles. The molecule has 1 aliphatic heterocycles. The fourth-order valence-corrected chi connectivity index (χ4v) is 1.61. The summed E-state index contributed by atoms with van der Waals surface area (Å²) >= 11 is 5.61. The first-order chi connectivity index (χ1) is 6.38. The molecular weight excluding hydrogens is 190 g/mol. The van der Waals surface area contributed by atoms with E-state index in [1.54, 1.807) is 4.68 Å². The molecule has 1 fully saturated rings. The van der Waals surface area contributed by atoms with Crippen LogP contribution in [0.1, 0.15) is 18.5 Å². The lowest BCUT2D eigenvalue weighted by molar-refractivity contribution is 0.0935. The van der Waals surface area contributed by atoms with Crippen LogP contribution in [0, 0.1) is 0 Å². The minimum absolute atomic E-state index is 0.310. The van der Waals surface area contributed by atoms with Crippen LogP contribution < -0.4 is 0 Å². The van der Waals surface area contributed by atoms with Crippen LogP contribution in [0.4, 0.5) is 0 Å². The topological polar surface area (TPSA) is 39.9 Å². The third-order valence-corrected chi connectivity index (χ3v) is 2.41. The van der Waals surface area contributed by atoms with Crippen molar-refractivity contribution in [1.29, 1.82) is 0 Å². The van der Waals surface area contributed by atoms with Gasteiger partial charge in [-0.1, -0.05) is 5.21 Å². The molecule has 1 aromatic heterocycles. The molecule has 0 bridgehead atoms. The number of ether oxygens (including phenoxy) is 1. The van der Waals surface area contributed by atoms with E-state index in [-0.39, 0.29) is 0 Å². The van der Waals surface area contributed by atoms with Gasteiger partial charge >= 0.3 is 0 Å². The summed E-state index contributed by atoms with van der Waals surface area (Å²) in [5, 5.41) is 7.85. The Morgan fingerprint density at radius 1 is 1.69 bits per heavy atom. The Morgan fingerprint density at radius 3 is 3.23 bits per heavy atom. The fraction of sp³-hybridized carbons (Fsp3) is 0.750. The van der Waals surface area contributed by atoms with E-state index >= 15 is 0 Å². The Kier molecular flexibility index (Phi) is 2.80. The van der Waals surface area contributed by atoms with Gasteiger partial charge in [0, 0.05) is 12.8 Å². The average molecular weight is 202 g/mol. The predicted octanol–water partition coefficient (Wildman–Crippen LogP) is 1.20. The van der Waals surface area contributed by atoms with Gasteiger partial charge in [0.25, 0.3) is 0 Å². The van der Waals surface area contributed by atoms with Gasteiger partial charge in [-0.25, -0.2) is 4.68 Å². The summed E-state index contributed by atoms with van der Waals surface area (Å²) in [5.74, 6) is 0.422. The monoisotopic (exact) mass is 201 g/mol. The summed E-state index contributed by atoms with van der Waals surface area (Å²) < 4.78 is 7.28. The molecule has 0 saturated carbocycles. The van der Waals surface area contributed by atoms with Crippen LogP contribution in [0.2, 0.25) is 0 Å². The summed E-state index contributed by atoms with van der Waals surface area (Å²) in [6.45, 7) is 1.67. The molecule has 1 aliphatic rings. The molecule has 4 nitrogen and oxygen atoms in total. The van der Waals surface area contributed by atoms with E-state index < -0.39 is 0 Å². The Labute approximate surface area is 81.8 Å². The second-order valence-corrected chi connectivity index (χ2v) is 3.47. The number of alkyl halides is 1. The van der Waals surface area contributed by atoms with Gasteiger partial charge < -0.3 is 4.74 Å². The van der Waals surface area contributed by atoms with Crippen molar-refractivity contribution in [2.24, 2.45) is 0 Å². The second-order valence-electron chi connectivity index (χ2n) is 3.20. The zero-order chi connectivity index (χ0) is 9.10. The van der Waals surface area contributed by atoms with Gasteiger partial charge in [-0.3, -0.25) is 0 Å². The molecule has 5 heteroatoms. The molecule has 72 valence electrons. The van der Waals surface area contributed by atoms with E-state index in [9.17, 15) is 0 Å². The van der Waals surface area contributed by atoms with Crippen LogP contribution in [0.5, 0.6) is 0 Å². The Balaban J connectivity index is 1.92. The third kappa shape index (κ3) is 2.19. The van der Waals surface area contributed by atoms with Crippen molar-refractivity contribution in [3.05, 3.63) is 11.9 Å². The second kappa shape index (κ2) is 4.07. The summed E-state index contributed by atoms with van der Waals surface area (Å²) in [4.78, 5) is 0. The largest absolute Gasteiger partial charge is 0.376 e. The Morgan fingerprint density at radius 2 is 2.62 bits per heavy atom. The van der Waals surface area contributed by atoms with Crippen molar-refractivity contribution < 1.29 is 4.74 Å². The van der Waals surface area contributed by atoms with Crippen LogP contribution in [0.15, 0.2) is 6.20 Å². The van der Waals surface area contributed by atoms with Crippen LogP contribution >= 0.6 is 11.6 Å². The average Bonchev–Trinajstić information content (AvgIpc) is 2.76. The number of hydrogen-bond donors (Lipinski definition) is 0. The van der Waals surface area contributed by atoms with Gasteiger partial charge in [0.1, 0.15) is 0 Å². The lowest BCUT2D eigenvalue weighted by atomic mass is 10.2. The summed E-state index contributed by atoms with van der Waals surface area (Å²) in [7, 11) is 0. The lowest BCUT2D eigenvalue weighted by Crippen LogP contribution is -2.15. The quantitative estimate of drug-likeness (QED) is 0.690. The lowest BCUT2D eigenvalue weighted by Gasteiger charge is -2.07. The van der Waals surface area contributed by atoms with Gasteiger partial charge in [-0.15, -0.1) is 16.7 Å². The number of aromatic nitrogens is 3. The molecule has 2 rings (SSSR count). The molecule has 0 unspecified atom stereocenters. The zero-order valence-electron chi connectivity index (χ0n) is 7.32.